The van der Waals surface area contributed by atoms with E-state index in [-0.39, 0.29) is 24.8 Å². The standard InChI is InChI=1S/C10H20N2.2ClH/c1-2-8-12(9-3-1)10-4-6-11-7-5-10;;/h10-11H,1-9H2;2*1H. The zero-order valence-corrected chi connectivity index (χ0v) is 10.3. The molecule has 0 unspecified atom stereocenters. The summed E-state index contributed by atoms with van der Waals surface area (Å²) in [6, 6.07) is 0.909. The van der Waals surface area contributed by atoms with Crippen LogP contribution in [0.4, 0.5) is 0 Å². The lowest BCUT2D eigenvalue weighted by molar-refractivity contribution is 0.136. The summed E-state index contributed by atoms with van der Waals surface area (Å²) in [6.07, 6.45) is 7.08. The van der Waals surface area contributed by atoms with E-state index >= 15 is 0 Å². The molecule has 2 heterocycles. The lowest BCUT2D eigenvalue weighted by Crippen LogP contribution is -2.45. The van der Waals surface area contributed by atoms with Crippen LogP contribution in [0.25, 0.3) is 0 Å². The van der Waals surface area contributed by atoms with Crippen LogP contribution in [0.1, 0.15) is 32.1 Å². The average molecular weight is 241 g/mol. The van der Waals surface area contributed by atoms with Gasteiger partial charge in [-0.15, -0.1) is 24.8 Å². The molecule has 0 aromatic heterocycles. The third-order valence-corrected chi connectivity index (χ3v) is 3.22. The van der Waals surface area contributed by atoms with Crippen LogP contribution < -0.4 is 5.32 Å². The third-order valence-electron chi connectivity index (χ3n) is 3.22. The topological polar surface area (TPSA) is 15.3 Å². The molecular weight excluding hydrogens is 219 g/mol. The zero-order valence-electron chi connectivity index (χ0n) is 8.71. The van der Waals surface area contributed by atoms with Gasteiger partial charge in [-0.05, 0) is 51.9 Å². The van der Waals surface area contributed by atoms with Gasteiger partial charge in [-0.3, -0.25) is 0 Å². The molecule has 0 amide bonds. The fraction of sp³-hybridized carbons (Fsp3) is 1.00. The number of hydrogen-bond donors (Lipinski definition) is 1. The van der Waals surface area contributed by atoms with Crippen molar-refractivity contribution in [2.45, 2.75) is 38.1 Å². The maximum Gasteiger partial charge on any atom is 0.0119 e. The second-order valence-corrected chi connectivity index (χ2v) is 4.08. The third kappa shape index (κ3) is 3.93. The van der Waals surface area contributed by atoms with Gasteiger partial charge in [0.25, 0.3) is 0 Å². The molecule has 0 spiro atoms. The van der Waals surface area contributed by atoms with Crippen LogP contribution in [0.15, 0.2) is 0 Å². The summed E-state index contributed by atoms with van der Waals surface area (Å²) < 4.78 is 0. The quantitative estimate of drug-likeness (QED) is 0.756. The van der Waals surface area contributed by atoms with Gasteiger partial charge in [0.1, 0.15) is 0 Å². The Balaban J connectivity index is 0.000000845. The Kier molecular flexibility index (Phi) is 8.02. The Morgan fingerprint density at radius 3 is 2.00 bits per heavy atom. The highest BCUT2D eigenvalue weighted by molar-refractivity contribution is 5.85. The highest BCUT2D eigenvalue weighted by atomic mass is 35.5. The van der Waals surface area contributed by atoms with Crippen molar-refractivity contribution in [3.8, 4) is 0 Å². The summed E-state index contributed by atoms with van der Waals surface area (Å²) in [5, 5.41) is 3.43. The summed E-state index contributed by atoms with van der Waals surface area (Å²) in [6.45, 7) is 5.21. The first-order valence-electron chi connectivity index (χ1n) is 5.41. The molecule has 0 bridgehead atoms. The first-order chi connectivity index (χ1) is 5.97. The molecule has 0 radical (unpaired) electrons. The normalized spacial score (nSPS) is 24.9. The van der Waals surface area contributed by atoms with E-state index in [0.29, 0.717) is 0 Å². The van der Waals surface area contributed by atoms with Crippen LogP contribution in [-0.2, 0) is 0 Å². The predicted molar refractivity (Wildman–Crippen MR) is 65.8 cm³/mol. The van der Waals surface area contributed by atoms with E-state index in [1.165, 1.54) is 58.3 Å². The minimum Gasteiger partial charge on any atom is -0.317 e. The molecule has 2 saturated heterocycles. The van der Waals surface area contributed by atoms with E-state index in [9.17, 15) is 0 Å². The van der Waals surface area contributed by atoms with E-state index in [2.05, 4.69) is 10.2 Å². The number of likely N-dealkylation sites (tertiary alicyclic amines) is 1. The maximum atomic E-state index is 3.43. The van der Waals surface area contributed by atoms with Gasteiger partial charge in [-0.2, -0.15) is 0 Å². The van der Waals surface area contributed by atoms with E-state index in [1.807, 2.05) is 0 Å². The molecule has 0 aliphatic carbocycles. The summed E-state index contributed by atoms with van der Waals surface area (Å²) in [5.74, 6) is 0. The van der Waals surface area contributed by atoms with E-state index < -0.39 is 0 Å². The van der Waals surface area contributed by atoms with Crippen molar-refractivity contribution in [1.29, 1.82) is 0 Å². The van der Waals surface area contributed by atoms with Crippen LogP contribution in [0.3, 0.4) is 0 Å². The number of nitrogens with zero attached hydrogens (tertiary/aromatic N) is 1. The molecule has 0 saturated carbocycles. The maximum absolute atomic E-state index is 3.43. The van der Waals surface area contributed by atoms with Crippen molar-refractivity contribution in [2.24, 2.45) is 0 Å². The molecule has 2 fully saturated rings. The van der Waals surface area contributed by atoms with Crippen LogP contribution in [0, 0.1) is 0 Å². The fourth-order valence-electron chi connectivity index (χ4n) is 2.46. The molecule has 2 aliphatic rings. The van der Waals surface area contributed by atoms with Crippen LogP contribution in [0.2, 0.25) is 0 Å². The van der Waals surface area contributed by atoms with E-state index in [1.54, 1.807) is 0 Å². The lowest BCUT2D eigenvalue weighted by atomic mass is 10.0. The molecule has 14 heavy (non-hydrogen) atoms. The van der Waals surface area contributed by atoms with Gasteiger partial charge >= 0.3 is 0 Å². The van der Waals surface area contributed by atoms with Crippen LogP contribution in [0.5, 0.6) is 0 Å². The Hall–Kier alpha value is 0.500. The molecule has 4 heteroatoms. The first kappa shape index (κ1) is 14.5. The highest BCUT2D eigenvalue weighted by Crippen LogP contribution is 2.17. The molecule has 2 aliphatic heterocycles. The number of nitrogens with one attached hydrogen (secondary N) is 1. The van der Waals surface area contributed by atoms with Crippen molar-refractivity contribution in [2.75, 3.05) is 26.2 Å². The number of halogens is 2. The Morgan fingerprint density at radius 2 is 1.43 bits per heavy atom. The van der Waals surface area contributed by atoms with Gasteiger partial charge in [-0.25, -0.2) is 0 Å². The van der Waals surface area contributed by atoms with Gasteiger partial charge in [0.05, 0.1) is 0 Å². The average Bonchev–Trinajstić information content (AvgIpc) is 2.21. The summed E-state index contributed by atoms with van der Waals surface area (Å²) in [7, 11) is 0. The Labute approximate surface area is 99.6 Å². The van der Waals surface area contributed by atoms with Gasteiger partial charge in [0.15, 0.2) is 0 Å². The Morgan fingerprint density at radius 1 is 0.857 bits per heavy atom. The Bertz CT molecular complexity index is 116. The monoisotopic (exact) mass is 240 g/mol. The molecular formula is C10H22Cl2N2. The number of rotatable bonds is 1. The summed E-state index contributed by atoms with van der Waals surface area (Å²) >= 11 is 0. The molecule has 86 valence electrons. The molecule has 2 rings (SSSR count). The molecule has 2 nitrogen and oxygen atoms in total. The SMILES string of the molecule is C1CCN(C2CCNCC2)CC1.Cl.Cl. The lowest BCUT2D eigenvalue weighted by Gasteiger charge is -2.36. The van der Waals surface area contributed by atoms with Crippen molar-refractivity contribution in [3.63, 3.8) is 0 Å². The van der Waals surface area contributed by atoms with Gasteiger partial charge in [0.2, 0.25) is 0 Å². The summed E-state index contributed by atoms with van der Waals surface area (Å²) in [5.41, 5.74) is 0. The van der Waals surface area contributed by atoms with Gasteiger partial charge in [-0.1, -0.05) is 6.42 Å². The van der Waals surface area contributed by atoms with Gasteiger partial charge in [0, 0.05) is 6.04 Å². The number of piperidine rings is 2. The van der Waals surface area contributed by atoms with Crippen molar-refractivity contribution >= 4 is 24.8 Å². The first-order valence-corrected chi connectivity index (χ1v) is 5.41. The minimum atomic E-state index is 0. The molecule has 0 aromatic carbocycles. The van der Waals surface area contributed by atoms with Crippen molar-refractivity contribution in [1.82, 2.24) is 10.2 Å². The van der Waals surface area contributed by atoms with E-state index in [0.717, 1.165) is 6.04 Å². The second kappa shape index (κ2) is 7.75. The fourth-order valence-corrected chi connectivity index (χ4v) is 2.46. The zero-order chi connectivity index (χ0) is 8.23. The largest absolute Gasteiger partial charge is 0.317 e. The second-order valence-electron chi connectivity index (χ2n) is 4.08. The van der Waals surface area contributed by atoms with E-state index in [4.69, 9.17) is 0 Å². The smallest absolute Gasteiger partial charge is 0.0119 e. The molecule has 0 atom stereocenters. The molecule has 0 aromatic rings. The predicted octanol–water partition coefficient (Wildman–Crippen LogP) is 2.07. The molecule has 1 N–H and O–H groups in total. The highest BCUT2D eigenvalue weighted by Gasteiger charge is 2.21. The van der Waals surface area contributed by atoms with Crippen LogP contribution in [-0.4, -0.2) is 37.1 Å². The van der Waals surface area contributed by atoms with Crippen molar-refractivity contribution < 1.29 is 0 Å². The minimum absolute atomic E-state index is 0. The van der Waals surface area contributed by atoms with Gasteiger partial charge < -0.3 is 10.2 Å². The van der Waals surface area contributed by atoms with Crippen LogP contribution >= 0.6 is 24.8 Å². The van der Waals surface area contributed by atoms with Crippen molar-refractivity contribution in [3.05, 3.63) is 0 Å². The summed E-state index contributed by atoms with van der Waals surface area (Å²) in [4.78, 5) is 2.71. The number of hydrogen-bond acceptors (Lipinski definition) is 2.